The third kappa shape index (κ3) is 4.19. The number of aliphatic hydroxyl groups is 1. The maximum Gasteiger partial charge on any atom is 0.319 e. The summed E-state index contributed by atoms with van der Waals surface area (Å²) >= 11 is 0. The number of carbonyl (C=O) groups excluding carboxylic acids is 1. The number of carbonyl (C=O) groups is 2. The fourth-order valence-corrected chi connectivity index (χ4v) is 2.84. The van der Waals surface area contributed by atoms with Gasteiger partial charge in [0.2, 0.25) is 11.8 Å². The molecule has 1 aliphatic carbocycles. The van der Waals surface area contributed by atoms with E-state index in [1.54, 1.807) is 6.07 Å². The number of hydrogen-bond donors (Lipinski definition) is 3. The van der Waals surface area contributed by atoms with Crippen molar-refractivity contribution in [1.82, 2.24) is 4.98 Å². The average Bonchev–Trinajstić information content (AvgIpc) is 2.80. The van der Waals surface area contributed by atoms with E-state index >= 15 is 0 Å². The minimum Gasteiger partial charge on any atom is -0.480 e. The van der Waals surface area contributed by atoms with Crippen LogP contribution < -0.4 is 10.1 Å². The minimum absolute atomic E-state index is 0.101. The molecule has 2 rings (SSSR count). The number of aliphatic carboxylic acids is 1. The number of ether oxygens (including phenoxy) is 1. The van der Waals surface area contributed by atoms with Crippen molar-refractivity contribution in [2.24, 2.45) is 5.41 Å². The van der Waals surface area contributed by atoms with Crippen molar-refractivity contribution in [2.45, 2.75) is 38.5 Å². The third-order valence-corrected chi connectivity index (χ3v) is 4.14. The summed E-state index contributed by atoms with van der Waals surface area (Å²) < 4.78 is 5.19. The first-order valence-electron chi connectivity index (χ1n) is 7.83. The van der Waals surface area contributed by atoms with Gasteiger partial charge in [0.25, 0.3) is 0 Å². The Hall–Kier alpha value is -2.15. The van der Waals surface area contributed by atoms with Crippen LogP contribution in [0.4, 0.5) is 5.69 Å². The van der Waals surface area contributed by atoms with Crippen LogP contribution in [0.1, 0.15) is 38.5 Å². The quantitative estimate of drug-likeness (QED) is 0.544. The third-order valence-electron chi connectivity index (χ3n) is 4.14. The number of rotatable bonds is 6. The van der Waals surface area contributed by atoms with Crippen LogP contribution >= 0.6 is 0 Å². The highest BCUT2D eigenvalue weighted by Gasteiger charge is 2.45. The van der Waals surface area contributed by atoms with Crippen LogP contribution in [-0.4, -0.2) is 40.3 Å². The first-order valence-corrected chi connectivity index (χ1v) is 7.83. The number of anilines is 1. The zero-order valence-corrected chi connectivity index (χ0v) is 13.0. The maximum atomic E-state index is 12.6. The van der Waals surface area contributed by atoms with Gasteiger partial charge in [0.1, 0.15) is 12.0 Å². The number of nitrogens with one attached hydrogen (secondary N) is 1. The Morgan fingerprint density at radius 1 is 1.26 bits per heavy atom. The Morgan fingerprint density at radius 2 is 1.96 bits per heavy atom. The lowest BCUT2D eigenvalue weighted by atomic mass is 9.79. The molecule has 1 amide bonds. The molecule has 23 heavy (non-hydrogen) atoms. The van der Waals surface area contributed by atoms with Crippen LogP contribution in [-0.2, 0) is 9.59 Å². The number of hydrogen-bond acceptors (Lipinski definition) is 5. The van der Waals surface area contributed by atoms with Gasteiger partial charge in [-0.3, -0.25) is 9.59 Å². The molecule has 3 N–H and O–H groups in total. The van der Waals surface area contributed by atoms with Gasteiger partial charge < -0.3 is 20.3 Å². The molecule has 0 spiro atoms. The molecule has 0 radical (unpaired) electrons. The number of pyridine rings is 1. The Labute approximate surface area is 134 Å². The molecule has 1 aliphatic rings. The van der Waals surface area contributed by atoms with E-state index < -0.39 is 17.3 Å². The van der Waals surface area contributed by atoms with E-state index in [4.69, 9.17) is 9.84 Å². The monoisotopic (exact) mass is 322 g/mol. The number of aromatic nitrogens is 1. The van der Waals surface area contributed by atoms with Crippen LogP contribution in [0.25, 0.3) is 0 Å². The average molecular weight is 322 g/mol. The van der Waals surface area contributed by atoms with E-state index in [0.717, 1.165) is 25.7 Å². The van der Waals surface area contributed by atoms with Gasteiger partial charge in [0, 0.05) is 18.0 Å². The summed E-state index contributed by atoms with van der Waals surface area (Å²) in [5, 5.41) is 21.0. The van der Waals surface area contributed by atoms with Crippen molar-refractivity contribution in [3.63, 3.8) is 0 Å². The predicted octanol–water partition coefficient (Wildman–Crippen LogP) is 1.82. The number of amides is 1. The van der Waals surface area contributed by atoms with E-state index in [1.807, 2.05) is 0 Å². The second-order valence-electron chi connectivity index (χ2n) is 5.71. The molecule has 7 nitrogen and oxygen atoms in total. The first kappa shape index (κ1) is 17.2. The van der Waals surface area contributed by atoms with Crippen LogP contribution in [0, 0.1) is 5.41 Å². The van der Waals surface area contributed by atoms with E-state index in [0.29, 0.717) is 18.5 Å². The Morgan fingerprint density at radius 3 is 2.57 bits per heavy atom. The topological polar surface area (TPSA) is 109 Å². The van der Waals surface area contributed by atoms with Crippen LogP contribution in [0.2, 0.25) is 0 Å². The van der Waals surface area contributed by atoms with Gasteiger partial charge >= 0.3 is 5.97 Å². The highest BCUT2D eigenvalue weighted by molar-refractivity contribution is 6.08. The predicted molar refractivity (Wildman–Crippen MR) is 83.2 cm³/mol. The van der Waals surface area contributed by atoms with E-state index in [-0.39, 0.29) is 19.1 Å². The summed E-state index contributed by atoms with van der Waals surface area (Å²) in [5.74, 6) is -1.30. The minimum atomic E-state index is -1.37. The summed E-state index contributed by atoms with van der Waals surface area (Å²) in [6.45, 7) is -0.0378. The second-order valence-corrected chi connectivity index (χ2v) is 5.71. The van der Waals surface area contributed by atoms with Crippen molar-refractivity contribution in [3.05, 3.63) is 18.3 Å². The number of aliphatic hydroxyl groups excluding tert-OH is 1. The van der Waals surface area contributed by atoms with Crippen molar-refractivity contribution in [3.8, 4) is 5.88 Å². The van der Waals surface area contributed by atoms with Gasteiger partial charge in [0.05, 0.1) is 6.61 Å². The van der Waals surface area contributed by atoms with Gasteiger partial charge in [-0.05, 0) is 18.9 Å². The molecule has 1 fully saturated rings. The molecule has 1 heterocycles. The van der Waals surface area contributed by atoms with Crippen LogP contribution in [0.5, 0.6) is 5.88 Å². The van der Waals surface area contributed by atoms with Gasteiger partial charge in [-0.1, -0.05) is 25.7 Å². The molecular formula is C16H22N2O5. The number of carboxylic acid groups (broad SMARTS) is 1. The molecule has 126 valence electrons. The first-order chi connectivity index (χ1) is 11.1. The van der Waals surface area contributed by atoms with Gasteiger partial charge in [-0.25, -0.2) is 4.98 Å². The Bertz CT molecular complexity index is 553. The molecule has 0 unspecified atom stereocenters. The molecule has 0 bridgehead atoms. The SMILES string of the molecule is O=C(O)C1(C(=O)Nc2ccnc(OCCO)c2)CCCCCC1. The molecule has 0 aromatic carbocycles. The van der Waals surface area contributed by atoms with E-state index in [1.165, 1.54) is 12.3 Å². The molecule has 0 atom stereocenters. The lowest BCUT2D eigenvalue weighted by Gasteiger charge is -2.26. The zero-order valence-electron chi connectivity index (χ0n) is 13.0. The Kier molecular flexibility index (Phi) is 5.92. The summed E-state index contributed by atoms with van der Waals surface area (Å²) in [5.41, 5.74) is -0.936. The van der Waals surface area contributed by atoms with Crippen LogP contribution in [0.3, 0.4) is 0 Å². The highest BCUT2D eigenvalue weighted by atomic mass is 16.5. The van der Waals surface area contributed by atoms with Crippen molar-refractivity contribution < 1.29 is 24.5 Å². The molecular weight excluding hydrogens is 300 g/mol. The summed E-state index contributed by atoms with van der Waals surface area (Å²) in [7, 11) is 0. The van der Waals surface area contributed by atoms with Gasteiger partial charge in [-0.2, -0.15) is 0 Å². The summed E-state index contributed by atoms with van der Waals surface area (Å²) in [4.78, 5) is 28.3. The highest BCUT2D eigenvalue weighted by Crippen LogP contribution is 2.36. The summed E-state index contributed by atoms with van der Waals surface area (Å²) in [6.07, 6.45) is 5.55. The molecule has 1 aromatic heterocycles. The lowest BCUT2D eigenvalue weighted by Crippen LogP contribution is -2.42. The van der Waals surface area contributed by atoms with Crippen LogP contribution in [0.15, 0.2) is 18.3 Å². The molecule has 0 saturated heterocycles. The van der Waals surface area contributed by atoms with Crippen molar-refractivity contribution in [1.29, 1.82) is 0 Å². The molecule has 1 saturated carbocycles. The zero-order chi connectivity index (χ0) is 16.7. The van der Waals surface area contributed by atoms with E-state index in [2.05, 4.69) is 10.3 Å². The van der Waals surface area contributed by atoms with Gasteiger partial charge in [-0.15, -0.1) is 0 Å². The van der Waals surface area contributed by atoms with Crippen molar-refractivity contribution in [2.75, 3.05) is 18.5 Å². The molecule has 7 heteroatoms. The largest absolute Gasteiger partial charge is 0.480 e. The Balaban J connectivity index is 2.13. The standard InChI is InChI=1S/C16H22N2O5/c19-9-10-23-13-11-12(5-8-17-13)18-14(20)16(15(21)22)6-3-1-2-4-7-16/h5,8,11,19H,1-4,6-7,9-10H2,(H,21,22)(H,17,18,20). The molecule has 0 aliphatic heterocycles. The normalized spacial score (nSPS) is 17.1. The maximum absolute atomic E-state index is 12.6. The summed E-state index contributed by atoms with van der Waals surface area (Å²) in [6, 6.07) is 3.09. The lowest BCUT2D eigenvalue weighted by molar-refractivity contribution is -0.155. The molecule has 1 aromatic rings. The second kappa shape index (κ2) is 7.92. The fraction of sp³-hybridized carbons (Fsp3) is 0.562. The number of nitrogens with zero attached hydrogens (tertiary/aromatic N) is 1. The van der Waals surface area contributed by atoms with Crippen molar-refractivity contribution >= 4 is 17.6 Å². The fourth-order valence-electron chi connectivity index (χ4n) is 2.84. The smallest absolute Gasteiger partial charge is 0.319 e. The van der Waals surface area contributed by atoms with Gasteiger partial charge in [0.15, 0.2) is 0 Å². The van der Waals surface area contributed by atoms with E-state index in [9.17, 15) is 14.7 Å². The number of carboxylic acids is 1.